The van der Waals surface area contributed by atoms with E-state index in [0.717, 1.165) is 12.1 Å². The van der Waals surface area contributed by atoms with Crippen molar-refractivity contribution >= 4 is 11.9 Å². The summed E-state index contributed by atoms with van der Waals surface area (Å²) in [5.74, 6) is -0.233. The average Bonchev–Trinajstić information content (AvgIpc) is 2.63. The van der Waals surface area contributed by atoms with E-state index in [1.165, 1.54) is 7.11 Å². The zero-order valence-corrected chi connectivity index (χ0v) is 11.0. The Morgan fingerprint density at radius 2 is 2.16 bits per heavy atom. The largest absolute Gasteiger partial charge is 0.465 e. The van der Waals surface area contributed by atoms with Gasteiger partial charge >= 0.3 is 5.97 Å². The van der Waals surface area contributed by atoms with Gasteiger partial charge in [-0.3, -0.25) is 9.69 Å². The summed E-state index contributed by atoms with van der Waals surface area (Å²) in [5, 5.41) is 2.84. The number of nitrogens with zero attached hydrogens (tertiary/aromatic N) is 1. The molecule has 0 saturated carbocycles. The van der Waals surface area contributed by atoms with E-state index in [1.807, 2.05) is 18.2 Å². The number of esters is 1. The minimum Gasteiger partial charge on any atom is -0.465 e. The molecule has 5 heteroatoms. The number of hydrogen-bond donors (Lipinski definition) is 1. The lowest BCUT2D eigenvalue weighted by Gasteiger charge is -2.20. The molecule has 1 amide bonds. The molecule has 1 heterocycles. The van der Waals surface area contributed by atoms with Crippen LogP contribution in [0.5, 0.6) is 0 Å². The van der Waals surface area contributed by atoms with Gasteiger partial charge in [-0.25, -0.2) is 4.79 Å². The first-order valence-electron chi connectivity index (χ1n) is 6.36. The van der Waals surface area contributed by atoms with Gasteiger partial charge in [0.25, 0.3) is 0 Å². The number of methoxy groups -OCH3 is 1. The molecule has 1 aromatic rings. The summed E-state index contributed by atoms with van der Waals surface area (Å²) < 4.78 is 4.78. The maximum atomic E-state index is 11.7. The fourth-order valence-electron chi connectivity index (χ4n) is 2.18. The molecular weight excluding hydrogens is 244 g/mol. The van der Waals surface area contributed by atoms with Crippen LogP contribution < -0.4 is 5.32 Å². The van der Waals surface area contributed by atoms with Crippen molar-refractivity contribution in [2.24, 2.45) is 0 Å². The summed E-state index contributed by atoms with van der Waals surface area (Å²) in [4.78, 5) is 25.1. The van der Waals surface area contributed by atoms with Gasteiger partial charge in [-0.2, -0.15) is 0 Å². The number of amides is 1. The number of benzene rings is 1. The van der Waals surface area contributed by atoms with Gasteiger partial charge in [-0.15, -0.1) is 0 Å². The van der Waals surface area contributed by atoms with Crippen LogP contribution in [0.15, 0.2) is 24.3 Å². The van der Waals surface area contributed by atoms with E-state index in [2.05, 4.69) is 10.2 Å². The van der Waals surface area contributed by atoms with Gasteiger partial charge in [0.2, 0.25) is 5.91 Å². The van der Waals surface area contributed by atoms with Crippen molar-refractivity contribution in [3.05, 3.63) is 35.4 Å². The van der Waals surface area contributed by atoms with Crippen LogP contribution in [-0.4, -0.2) is 43.5 Å². The minimum atomic E-state index is -0.320. The Balaban J connectivity index is 2.10. The van der Waals surface area contributed by atoms with Crippen LogP contribution in [0.1, 0.15) is 22.3 Å². The number of hydrogen-bond acceptors (Lipinski definition) is 4. The Hall–Kier alpha value is -1.88. The molecule has 1 aromatic carbocycles. The fourth-order valence-corrected chi connectivity index (χ4v) is 2.18. The van der Waals surface area contributed by atoms with E-state index in [9.17, 15) is 9.59 Å². The van der Waals surface area contributed by atoms with E-state index in [1.54, 1.807) is 6.07 Å². The number of carbonyl (C=O) groups excluding carboxylic acids is 2. The van der Waals surface area contributed by atoms with Crippen LogP contribution in [0, 0.1) is 0 Å². The van der Waals surface area contributed by atoms with E-state index in [0.29, 0.717) is 31.6 Å². The molecule has 0 aromatic heterocycles. The monoisotopic (exact) mass is 262 g/mol. The maximum Gasteiger partial charge on any atom is 0.338 e. The molecule has 0 atom stereocenters. The lowest BCUT2D eigenvalue weighted by molar-refractivity contribution is -0.120. The third-order valence-corrected chi connectivity index (χ3v) is 3.22. The standard InChI is InChI=1S/C14H18N2O3/c1-19-14(18)12-5-3-2-4-11(12)10-16-8-6-13(17)15-7-9-16/h2-5H,6-10H2,1H3,(H,15,17). The number of nitrogens with one attached hydrogen (secondary N) is 1. The molecule has 1 aliphatic rings. The van der Waals surface area contributed by atoms with Crippen LogP contribution >= 0.6 is 0 Å². The molecule has 1 fully saturated rings. The van der Waals surface area contributed by atoms with Gasteiger partial charge in [-0.1, -0.05) is 18.2 Å². The van der Waals surface area contributed by atoms with E-state index in [4.69, 9.17) is 4.74 Å². The van der Waals surface area contributed by atoms with E-state index in [-0.39, 0.29) is 11.9 Å². The Labute approximate surface area is 112 Å². The van der Waals surface area contributed by atoms with Crippen molar-refractivity contribution in [2.45, 2.75) is 13.0 Å². The van der Waals surface area contributed by atoms with Gasteiger partial charge in [0.05, 0.1) is 12.7 Å². The first-order chi connectivity index (χ1) is 9.20. The van der Waals surface area contributed by atoms with Crippen LogP contribution in [0.4, 0.5) is 0 Å². The normalized spacial score (nSPS) is 16.6. The SMILES string of the molecule is COC(=O)c1ccccc1CN1CCNC(=O)CC1. The minimum absolute atomic E-state index is 0.0868. The van der Waals surface area contributed by atoms with Crippen molar-refractivity contribution in [3.8, 4) is 0 Å². The van der Waals surface area contributed by atoms with Crippen molar-refractivity contribution in [1.29, 1.82) is 0 Å². The van der Waals surface area contributed by atoms with E-state index < -0.39 is 0 Å². The lowest BCUT2D eigenvalue weighted by Crippen LogP contribution is -2.28. The van der Waals surface area contributed by atoms with Crippen molar-refractivity contribution in [1.82, 2.24) is 10.2 Å². The second-order valence-electron chi connectivity index (χ2n) is 4.52. The predicted molar refractivity (Wildman–Crippen MR) is 70.7 cm³/mol. The number of carbonyl (C=O) groups is 2. The molecule has 2 rings (SSSR count). The van der Waals surface area contributed by atoms with Gasteiger partial charge in [0.15, 0.2) is 0 Å². The Morgan fingerprint density at radius 3 is 2.95 bits per heavy atom. The zero-order chi connectivity index (χ0) is 13.7. The van der Waals surface area contributed by atoms with Gasteiger partial charge < -0.3 is 10.1 Å². The molecule has 0 aliphatic carbocycles. The summed E-state index contributed by atoms with van der Waals surface area (Å²) in [6.45, 7) is 2.81. The fraction of sp³-hybridized carbons (Fsp3) is 0.429. The summed E-state index contributed by atoms with van der Waals surface area (Å²) >= 11 is 0. The first-order valence-corrected chi connectivity index (χ1v) is 6.36. The summed E-state index contributed by atoms with van der Waals surface area (Å²) in [6, 6.07) is 7.42. The molecule has 1 N–H and O–H groups in total. The average molecular weight is 262 g/mol. The van der Waals surface area contributed by atoms with Crippen LogP contribution in [0.25, 0.3) is 0 Å². The van der Waals surface area contributed by atoms with Gasteiger partial charge in [-0.05, 0) is 11.6 Å². The molecule has 1 aliphatic heterocycles. The van der Waals surface area contributed by atoms with Crippen LogP contribution in [0.2, 0.25) is 0 Å². The Bertz CT molecular complexity index is 474. The smallest absolute Gasteiger partial charge is 0.338 e. The molecule has 19 heavy (non-hydrogen) atoms. The summed E-state index contributed by atoms with van der Waals surface area (Å²) in [7, 11) is 1.38. The lowest BCUT2D eigenvalue weighted by atomic mass is 10.1. The second-order valence-corrected chi connectivity index (χ2v) is 4.52. The molecule has 0 bridgehead atoms. The van der Waals surface area contributed by atoms with Crippen LogP contribution in [-0.2, 0) is 16.1 Å². The predicted octanol–water partition coefficient (Wildman–Crippen LogP) is 0.795. The third-order valence-electron chi connectivity index (χ3n) is 3.22. The molecule has 0 radical (unpaired) electrons. The zero-order valence-electron chi connectivity index (χ0n) is 11.0. The topological polar surface area (TPSA) is 58.6 Å². The van der Waals surface area contributed by atoms with E-state index >= 15 is 0 Å². The third kappa shape index (κ3) is 3.54. The number of ether oxygens (including phenoxy) is 1. The molecular formula is C14H18N2O3. The molecule has 0 unspecified atom stereocenters. The quantitative estimate of drug-likeness (QED) is 0.818. The Kier molecular flexibility index (Phi) is 4.52. The van der Waals surface area contributed by atoms with Crippen molar-refractivity contribution in [3.63, 3.8) is 0 Å². The van der Waals surface area contributed by atoms with Gasteiger partial charge in [0, 0.05) is 32.6 Å². The second kappa shape index (κ2) is 6.33. The summed E-state index contributed by atoms with van der Waals surface area (Å²) in [5.41, 5.74) is 1.53. The van der Waals surface area contributed by atoms with Crippen molar-refractivity contribution < 1.29 is 14.3 Å². The highest BCUT2D eigenvalue weighted by Crippen LogP contribution is 2.13. The highest BCUT2D eigenvalue weighted by molar-refractivity contribution is 5.90. The molecule has 0 spiro atoms. The van der Waals surface area contributed by atoms with Gasteiger partial charge in [0.1, 0.15) is 0 Å². The molecule has 5 nitrogen and oxygen atoms in total. The highest BCUT2D eigenvalue weighted by Gasteiger charge is 2.17. The molecule has 1 saturated heterocycles. The van der Waals surface area contributed by atoms with Crippen LogP contribution in [0.3, 0.4) is 0 Å². The Morgan fingerprint density at radius 1 is 1.37 bits per heavy atom. The first kappa shape index (κ1) is 13.5. The maximum absolute atomic E-state index is 11.7. The highest BCUT2D eigenvalue weighted by atomic mass is 16.5. The molecule has 102 valence electrons. The number of rotatable bonds is 3. The van der Waals surface area contributed by atoms with Crippen molar-refractivity contribution in [2.75, 3.05) is 26.7 Å². The summed E-state index contributed by atoms with van der Waals surface area (Å²) in [6.07, 6.45) is 0.500.